The number of nitro groups is 1. The van der Waals surface area contributed by atoms with Crippen LogP contribution in [0.4, 0.5) is 5.69 Å². The van der Waals surface area contributed by atoms with Gasteiger partial charge in [0.05, 0.1) is 30.1 Å². The van der Waals surface area contributed by atoms with E-state index >= 15 is 0 Å². The summed E-state index contributed by atoms with van der Waals surface area (Å²) in [6.07, 6.45) is -17.9. The van der Waals surface area contributed by atoms with Gasteiger partial charge in [-0.3, -0.25) is 34.1 Å². The van der Waals surface area contributed by atoms with Crippen LogP contribution in [0.1, 0.15) is 51.4 Å². The monoisotopic (exact) mass is 878 g/mol. The Labute approximate surface area is 352 Å². The number of aliphatic hydroxyl groups excluding tert-OH is 2. The number of amides is 1. The van der Waals surface area contributed by atoms with Crippen LogP contribution in [-0.4, -0.2) is 144 Å². The third-order valence-corrected chi connectivity index (χ3v) is 9.15. The molecule has 2 fully saturated rings. The van der Waals surface area contributed by atoms with E-state index in [4.69, 9.17) is 47.4 Å². The molecule has 1 amide bonds. The topological polar surface area (TPSA) is 307 Å². The molecule has 0 spiro atoms. The quantitative estimate of drug-likeness (QED) is 0.0826. The lowest BCUT2D eigenvalue weighted by Gasteiger charge is -2.51. The number of nitrogens with zero attached hydrogens (tertiary/aromatic N) is 1. The third kappa shape index (κ3) is 12.6. The highest BCUT2D eigenvalue weighted by atomic mass is 16.8. The molecule has 2 aromatic carbocycles. The Hall–Kier alpha value is -6.27. The summed E-state index contributed by atoms with van der Waals surface area (Å²) in [6, 6.07) is 10.6. The van der Waals surface area contributed by atoms with Crippen LogP contribution in [0.2, 0.25) is 0 Å². The molecule has 4 rings (SSSR count). The maximum atomic E-state index is 14.1. The summed E-state index contributed by atoms with van der Waals surface area (Å²) in [4.78, 5) is 99.8. The van der Waals surface area contributed by atoms with Crippen molar-refractivity contribution in [2.24, 2.45) is 0 Å². The zero-order chi connectivity index (χ0) is 45.9. The molecule has 0 aromatic heterocycles. The van der Waals surface area contributed by atoms with Crippen LogP contribution >= 0.6 is 0 Å². The van der Waals surface area contributed by atoms with Crippen molar-refractivity contribution in [3.8, 4) is 5.75 Å². The SMILES string of the molecule is COC(=O)[C@@]1(O[C@H]2[C@@H](O)[C@@H](COC(=O)c3ccccc3)O[C@@H](Oc3ccc([N+](=O)[O-])cc3)[C@@H]2O)C[C@H](OC(C)=O)[C@@H](NC(C)=O)[C@H]([C@H](OC(C)=O)[C@@H](COC(C)=O)OC(C)=O)O1. The molecule has 2 aromatic rings. The number of aliphatic hydroxyl groups is 2. The number of hydrogen-bond donors (Lipinski definition) is 3. The van der Waals surface area contributed by atoms with Gasteiger partial charge in [0.15, 0.2) is 12.2 Å². The fourth-order valence-corrected chi connectivity index (χ4v) is 6.61. The van der Waals surface area contributed by atoms with Crippen LogP contribution in [0, 0.1) is 10.1 Å². The lowest BCUT2D eigenvalue weighted by Crippen LogP contribution is -2.71. The molecule has 62 heavy (non-hydrogen) atoms. The summed E-state index contributed by atoms with van der Waals surface area (Å²) in [5.41, 5.74) is -0.200. The van der Waals surface area contributed by atoms with E-state index in [1.165, 1.54) is 24.3 Å². The number of esters is 6. The minimum Gasteiger partial charge on any atom is -0.465 e. The molecule has 0 saturated carbocycles. The normalized spacial score (nSPS) is 26.6. The van der Waals surface area contributed by atoms with Crippen LogP contribution in [0.25, 0.3) is 0 Å². The smallest absolute Gasteiger partial charge is 0.366 e. The largest absolute Gasteiger partial charge is 0.465 e. The molecule has 23 heteroatoms. The number of methoxy groups -OCH3 is 1. The van der Waals surface area contributed by atoms with E-state index in [1.54, 1.807) is 18.2 Å². The van der Waals surface area contributed by atoms with Gasteiger partial charge in [0.25, 0.3) is 11.5 Å². The molecular formula is C39H46N2O21. The molecule has 23 nitrogen and oxygen atoms in total. The molecule has 0 aliphatic carbocycles. The van der Waals surface area contributed by atoms with Crippen molar-refractivity contribution in [1.82, 2.24) is 5.32 Å². The molecule has 11 atom stereocenters. The van der Waals surface area contributed by atoms with Crippen LogP contribution in [-0.2, 0) is 71.4 Å². The summed E-state index contributed by atoms with van der Waals surface area (Å²) < 4.78 is 56.2. The maximum absolute atomic E-state index is 14.1. The van der Waals surface area contributed by atoms with Crippen LogP contribution in [0.5, 0.6) is 5.75 Å². The average molecular weight is 879 g/mol. The van der Waals surface area contributed by atoms with Crippen molar-refractivity contribution in [3.63, 3.8) is 0 Å². The Bertz CT molecular complexity index is 1950. The van der Waals surface area contributed by atoms with E-state index < -0.39 is 133 Å². The standard InChI is InChI=1S/C39H46N2O21/c1-19(42)40-30-27(56-21(3)44)16-39(38(50)53-6,61-34(30)33(58-23(5)46)29(57-22(4)45)18-54-20(2)43)62-35-31(47)28(17-55-36(49)24-10-8-7-9-11-24)60-37(32(35)48)59-26-14-12-25(13-15-26)41(51)52/h7-15,27-35,37,47-48H,16-18H2,1-6H3,(H,40,42)/t27-,28+,29+,30+,31-,32+,33+,34+,35-,37+,39-/m0/s1. The minimum atomic E-state index is -2.93. The van der Waals surface area contributed by atoms with Gasteiger partial charge in [0.2, 0.25) is 12.2 Å². The van der Waals surface area contributed by atoms with E-state index in [2.05, 4.69) is 5.32 Å². The number of nitrogens with one attached hydrogen (secondary N) is 1. The van der Waals surface area contributed by atoms with Crippen molar-refractivity contribution in [2.75, 3.05) is 20.3 Å². The summed E-state index contributed by atoms with van der Waals surface area (Å²) in [5, 5.41) is 37.4. The van der Waals surface area contributed by atoms with E-state index in [0.29, 0.717) is 0 Å². The molecule has 2 heterocycles. The predicted octanol–water partition coefficient (Wildman–Crippen LogP) is 0.184. The van der Waals surface area contributed by atoms with Crippen LogP contribution in [0.15, 0.2) is 54.6 Å². The Kier molecular flexibility index (Phi) is 16.8. The van der Waals surface area contributed by atoms with Gasteiger partial charge in [-0.1, -0.05) is 18.2 Å². The predicted molar refractivity (Wildman–Crippen MR) is 201 cm³/mol. The zero-order valence-corrected chi connectivity index (χ0v) is 34.2. The first-order chi connectivity index (χ1) is 29.2. The number of nitro benzene ring substituents is 1. The number of carbonyl (C=O) groups is 7. The second kappa shape index (κ2) is 21.5. The van der Waals surface area contributed by atoms with Gasteiger partial charge in [-0.2, -0.15) is 0 Å². The van der Waals surface area contributed by atoms with Crippen LogP contribution < -0.4 is 10.1 Å². The lowest BCUT2D eigenvalue weighted by atomic mass is 9.87. The second-order valence-corrected chi connectivity index (χ2v) is 13.9. The van der Waals surface area contributed by atoms with Gasteiger partial charge in [-0.05, 0) is 24.3 Å². The van der Waals surface area contributed by atoms with Gasteiger partial charge >= 0.3 is 35.8 Å². The summed E-state index contributed by atoms with van der Waals surface area (Å²) in [6.45, 7) is 3.47. The summed E-state index contributed by atoms with van der Waals surface area (Å²) >= 11 is 0. The van der Waals surface area contributed by atoms with Crippen molar-refractivity contribution >= 4 is 47.4 Å². The number of rotatable bonds is 17. The van der Waals surface area contributed by atoms with Crippen molar-refractivity contribution < 1.29 is 96.1 Å². The molecule has 0 radical (unpaired) electrons. The van der Waals surface area contributed by atoms with Crippen molar-refractivity contribution in [2.45, 2.75) is 108 Å². The molecule has 2 aliphatic rings. The van der Waals surface area contributed by atoms with Crippen LogP contribution in [0.3, 0.4) is 0 Å². The summed E-state index contributed by atoms with van der Waals surface area (Å²) in [5.74, 6) is -9.95. The number of carbonyl (C=O) groups excluding carboxylic acids is 7. The van der Waals surface area contributed by atoms with E-state index in [0.717, 1.165) is 53.9 Å². The van der Waals surface area contributed by atoms with Crippen molar-refractivity contribution in [3.05, 3.63) is 70.3 Å². The fourth-order valence-electron chi connectivity index (χ4n) is 6.61. The van der Waals surface area contributed by atoms with Gasteiger partial charge < -0.3 is 62.9 Å². The molecule has 0 bridgehead atoms. The second-order valence-electron chi connectivity index (χ2n) is 13.9. The Morgan fingerprint density at radius 1 is 0.871 bits per heavy atom. The first-order valence-electron chi connectivity index (χ1n) is 18.8. The molecule has 3 N–H and O–H groups in total. The highest BCUT2D eigenvalue weighted by Crippen LogP contribution is 2.40. The maximum Gasteiger partial charge on any atom is 0.366 e. The molecule has 338 valence electrons. The summed E-state index contributed by atoms with van der Waals surface area (Å²) in [7, 11) is 0.891. The number of ether oxygens (including phenoxy) is 10. The number of hydrogen-bond acceptors (Lipinski definition) is 21. The highest BCUT2D eigenvalue weighted by Gasteiger charge is 2.62. The first-order valence-corrected chi connectivity index (χ1v) is 18.8. The average Bonchev–Trinajstić information content (AvgIpc) is 3.21. The molecule has 0 unspecified atom stereocenters. The number of non-ortho nitro benzene ring substituents is 1. The molecule has 2 aliphatic heterocycles. The van der Waals surface area contributed by atoms with Crippen molar-refractivity contribution in [1.29, 1.82) is 0 Å². The Balaban J connectivity index is 1.86. The zero-order valence-electron chi connectivity index (χ0n) is 34.2. The molecule has 2 saturated heterocycles. The van der Waals surface area contributed by atoms with Gasteiger partial charge in [-0.15, -0.1) is 0 Å². The lowest BCUT2D eigenvalue weighted by molar-refractivity contribution is -0.384. The molecular weight excluding hydrogens is 832 g/mol. The number of benzene rings is 2. The van der Waals surface area contributed by atoms with E-state index in [9.17, 15) is 53.9 Å². The van der Waals surface area contributed by atoms with E-state index in [1.807, 2.05) is 0 Å². The third-order valence-electron chi connectivity index (χ3n) is 9.15. The van der Waals surface area contributed by atoms with Gasteiger partial charge in [0.1, 0.15) is 55.6 Å². The Morgan fingerprint density at radius 3 is 2.06 bits per heavy atom. The fraction of sp³-hybridized carbons (Fsp3) is 0.513. The van der Waals surface area contributed by atoms with Gasteiger partial charge in [-0.25, -0.2) is 9.59 Å². The highest BCUT2D eigenvalue weighted by molar-refractivity contribution is 5.89. The Morgan fingerprint density at radius 2 is 1.52 bits per heavy atom. The van der Waals surface area contributed by atoms with E-state index in [-0.39, 0.29) is 17.0 Å². The first kappa shape index (κ1) is 48.4. The minimum absolute atomic E-state index is 0.104. The van der Waals surface area contributed by atoms with Gasteiger partial charge in [0, 0.05) is 46.8 Å².